The summed E-state index contributed by atoms with van der Waals surface area (Å²) in [6, 6.07) is 48.0. The van der Waals surface area contributed by atoms with Crippen LogP contribution >= 0.6 is 0 Å². The highest BCUT2D eigenvalue weighted by Crippen LogP contribution is 2.43. The number of hydrogen-bond donors (Lipinski definition) is 1. The third-order valence-electron chi connectivity index (χ3n) is 8.53. The quantitative estimate of drug-likeness (QED) is 0.176. The normalized spacial score (nSPS) is 12.1. The third-order valence-corrected chi connectivity index (χ3v) is 8.53. The molecule has 0 fully saturated rings. The molecule has 0 aliphatic heterocycles. The second kappa shape index (κ2) is 12.9. The fourth-order valence-corrected chi connectivity index (χ4v) is 6.44. The Hall–Kier alpha value is -6.01. The number of rotatable bonds is 7. The first-order chi connectivity index (χ1) is 23.7. The number of halogens is 1. The molecule has 0 atom stereocenters. The summed E-state index contributed by atoms with van der Waals surface area (Å²) in [5.74, 6) is -0.604. The van der Waals surface area contributed by atoms with Crippen LogP contribution in [-0.4, -0.2) is 21.5 Å². The van der Waals surface area contributed by atoms with Crippen LogP contribution in [0.1, 0.15) is 48.7 Å². The van der Waals surface area contributed by atoms with Crippen LogP contribution in [0.15, 0.2) is 146 Å². The average molecular weight is 646 g/mol. The molecule has 1 heterocycles. The van der Waals surface area contributed by atoms with E-state index in [0.29, 0.717) is 16.6 Å². The van der Waals surface area contributed by atoms with Crippen molar-refractivity contribution in [1.29, 1.82) is 0 Å². The van der Waals surface area contributed by atoms with Crippen LogP contribution < -0.4 is 5.32 Å². The van der Waals surface area contributed by atoms with Gasteiger partial charge >= 0.3 is 6.09 Å². The highest BCUT2D eigenvalue weighted by atomic mass is 19.1. The van der Waals surface area contributed by atoms with Gasteiger partial charge in [-0.05, 0) is 72.0 Å². The zero-order valence-electron chi connectivity index (χ0n) is 27.6. The van der Waals surface area contributed by atoms with Gasteiger partial charge < -0.3 is 4.74 Å². The number of ether oxygens (including phenoxy) is 1. The smallest absolute Gasteiger partial charge is 0.412 e. The summed E-state index contributed by atoms with van der Waals surface area (Å²) in [7, 11) is 0. The molecule has 0 aliphatic rings. The Bertz CT molecular complexity index is 2190. The number of hydrogen-bond acceptors (Lipinski definition) is 3. The molecule has 1 aromatic heterocycles. The zero-order valence-corrected chi connectivity index (χ0v) is 27.6. The first-order valence-corrected chi connectivity index (χ1v) is 16.3. The highest BCUT2D eigenvalue weighted by molar-refractivity contribution is 5.96. The molecule has 242 valence electrons. The minimum Gasteiger partial charge on any atom is -0.444 e. The predicted octanol–water partition coefficient (Wildman–Crippen LogP) is 10.7. The van der Waals surface area contributed by atoms with Crippen molar-refractivity contribution in [3.05, 3.63) is 179 Å². The van der Waals surface area contributed by atoms with E-state index in [1.165, 1.54) is 6.07 Å². The molecule has 5 nitrogen and oxygen atoms in total. The lowest BCUT2D eigenvalue weighted by Gasteiger charge is -2.37. The maximum absolute atomic E-state index is 16.2. The molecule has 0 aliphatic carbocycles. The topological polar surface area (TPSA) is 56.1 Å². The fourth-order valence-electron chi connectivity index (χ4n) is 6.44. The lowest BCUT2D eigenvalue weighted by molar-refractivity contribution is 0.0635. The molecule has 0 saturated carbocycles. The molecule has 6 heteroatoms. The van der Waals surface area contributed by atoms with E-state index in [9.17, 15) is 4.79 Å². The van der Waals surface area contributed by atoms with Crippen LogP contribution in [0.3, 0.4) is 0 Å². The van der Waals surface area contributed by atoms with Crippen LogP contribution in [0.2, 0.25) is 0 Å². The minimum absolute atomic E-state index is 0.00592. The van der Waals surface area contributed by atoms with Gasteiger partial charge in [-0.2, -0.15) is 5.10 Å². The summed E-state index contributed by atoms with van der Waals surface area (Å²) in [4.78, 5) is 12.8. The Kier molecular flexibility index (Phi) is 8.31. The van der Waals surface area contributed by atoms with Crippen molar-refractivity contribution in [2.75, 3.05) is 5.32 Å². The second-order valence-corrected chi connectivity index (χ2v) is 13.0. The Balaban J connectivity index is 1.50. The van der Waals surface area contributed by atoms with Crippen molar-refractivity contribution in [3.63, 3.8) is 0 Å². The van der Waals surface area contributed by atoms with Crippen molar-refractivity contribution in [2.45, 2.75) is 31.9 Å². The van der Waals surface area contributed by atoms with Gasteiger partial charge in [0.25, 0.3) is 0 Å². The Morgan fingerprint density at radius 3 is 1.82 bits per heavy atom. The van der Waals surface area contributed by atoms with Gasteiger partial charge in [0.2, 0.25) is 0 Å². The summed E-state index contributed by atoms with van der Waals surface area (Å²) >= 11 is 0. The maximum atomic E-state index is 16.2. The first-order valence-electron chi connectivity index (χ1n) is 16.3. The molecule has 0 bridgehead atoms. The average Bonchev–Trinajstić information content (AvgIpc) is 3.45. The lowest BCUT2D eigenvalue weighted by atomic mass is 9.77. The predicted molar refractivity (Wildman–Crippen MR) is 197 cm³/mol. The van der Waals surface area contributed by atoms with E-state index in [0.717, 1.165) is 33.0 Å². The van der Waals surface area contributed by atoms with Crippen LogP contribution in [0.5, 0.6) is 0 Å². The van der Waals surface area contributed by atoms with Gasteiger partial charge in [-0.3, -0.25) is 5.32 Å². The van der Waals surface area contributed by atoms with E-state index in [1.807, 2.05) is 83.6 Å². The standard InChI is InChI=1S/C43H36FN3O2/c1-42(2,3)49-41(48)45-39-28-36-38(26-24-30-23-25-31-15-13-14-16-32(31)27-30)46-47(40(36)29-37(39)44)43(33-17-7-4-8-18-33,34-19-9-5-10-20-34)35-21-11-6-12-22-35/h4-29H,1-3H3,(H,45,48). The number of carbonyl (C=O) groups is 1. The minimum atomic E-state index is -0.983. The number of nitrogens with one attached hydrogen (secondary N) is 1. The molecule has 49 heavy (non-hydrogen) atoms. The highest BCUT2D eigenvalue weighted by Gasteiger charge is 2.41. The van der Waals surface area contributed by atoms with E-state index < -0.39 is 23.1 Å². The van der Waals surface area contributed by atoms with E-state index in [-0.39, 0.29) is 5.69 Å². The van der Waals surface area contributed by atoms with Crippen LogP contribution in [-0.2, 0) is 10.3 Å². The Morgan fingerprint density at radius 2 is 1.24 bits per heavy atom. The summed E-state index contributed by atoms with van der Waals surface area (Å²) < 4.78 is 23.5. The van der Waals surface area contributed by atoms with Gasteiger partial charge in [-0.25, -0.2) is 13.9 Å². The lowest BCUT2D eigenvalue weighted by Crippen LogP contribution is -2.38. The number of amides is 1. The SMILES string of the molecule is CC(C)(C)OC(=O)Nc1cc2c(C=Cc3ccc4ccccc4c3)nn(C(c3ccccc3)(c3ccccc3)c3ccccc3)c2cc1F. The molecule has 0 unspecified atom stereocenters. The Labute approximate surface area is 285 Å². The largest absolute Gasteiger partial charge is 0.444 e. The molecule has 0 spiro atoms. The van der Waals surface area contributed by atoms with Crippen molar-refractivity contribution in [3.8, 4) is 0 Å². The number of anilines is 1. The summed E-state index contributed by atoms with van der Waals surface area (Å²) in [6.07, 6.45) is 3.22. The van der Waals surface area contributed by atoms with Crippen molar-refractivity contribution in [1.82, 2.24) is 9.78 Å². The van der Waals surface area contributed by atoms with Gasteiger partial charge in [0.1, 0.15) is 17.0 Å². The third kappa shape index (κ3) is 6.21. The molecular formula is C43H36FN3O2. The number of nitrogens with zero attached hydrogens (tertiary/aromatic N) is 2. The first kappa shape index (κ1) is 31.6. The summed E-state index contributed by atoms with van der Waals surface area (Å²) in [5.41, 5.74) is 3.31. The van der Waals surface area contributed by atoms with Gasteiger partial charge in [0, 0.05) is 11.5 Å². The van der Waals surface area contributed by atoms with Crippen LogP contribution in [0, 0.1) is 5.82 Å². The second-order valence-electron chi connectivity index (χ2n) is 13.0. The summed E-state index contributed by atoms with van der Waals surface area (Å²) in [6.45, 7) is 5.30. The molecule has 6 aromatic carbocycles. The van der Waals surface area contributed by atoms with Crippen molar-refractivity contribution >= 4 is 45.6 Å². The van der Waals surface area contributed by atoms with E-state index >= 15 is 4.39 Å². The molecule has 0 saturated heterocycles. The van der Waals surface area contributed by atoms with Gasteiger partial charge in [-0.1, -0.05) is 133 Å². The molecule has 7 rings (SSSR count). The number of fused-ring (bicyclic) bond motifs is 2. The van der Waals surface area contributed by atoms with Crippen molar-refractivity contribution in [2.24, 2.45) is 0 Å². The molecular weight excluding hydrogens is 609 g/mol. The Morgan fingerprint density at radius 1 is 0.694 bits per heavy atom. The molecule has 7 aromatic rings. The van der Waals surface area contributed by atoms with E-state index in [1.54, 1.807) is 26.8 Å². The number of benzene rings is 6. The molecule has 1 N–H and O–H groups in total. The number of carbonyl (C=O) groups excluding carboxylic acids is 1. The van der Waals surface area contributed by atoms with Crippen LogP contribution in [0.25, 0.3) is 33.8 Å². The van der Waals surface area contributed by atoms with Gasteiger partial charge in [-0.15, -0.1) is 0 Å². The zero-order chi connectivity index (χ0) is 34.0. The number of aromatic nitrogens is 2. The van der Waals surface area contributed by atoms with Gasteiger partial charge in [0.15, 0.2) is 0 Å². The monoisotopic (exact) mass is 645 g/mol. The molecule has 0 radical (unpaired) electrons. The molecule has 1 amide bonds. The maximum Gasteiger partial charge on any atom is 0.412 e. The van der Waals surface area contributed by atoms with E-state index in [2.05, 4.69) is 72.0 Å². The fraction of sp³-hybridized carbons (Fsp3) is 0.116. The van der Waals surface area contributed by atoms with Crippen molar-refractivity contribution < 1.29 is 13.9 Å². The van der Waals surface area contributed by atoms with E-state index in [4.69, 9.17) is 9.84 Å². The van der Waals surface area contributed by atoms with Crippen LogP contribution in [0.4, 0.5) is 14.9 Å². The summed E-state index contributed by atoms with van der Waals surface area (Å²) in [5, 5.41) is 10.9. The van der Waals surface area contributed by atoms with Gasteiger partial charge in [0.05, 0.1) is 16.9 Å².